The van der Waals surface area contributed by atoms with Gasteiger partial charge >= 0.3 is 21.1 Å². The van der Waals surface area contributed by atoms with E-state index in [1.807, 2.05) is 18.2 Å². The molecular formula is C59H52N4OPt. The first-order valence-electron chi connectivity index (χ1n) is 22.2. The van der Waals surface area contributed by atoms with Crippen LogP contribution in [-0.4, -0.2) is 4.57 Å². The summed E-state index contributed by atoms with van der Waals surface area (Å²) >= 11 is 0. The Bertz CT molecular complexity index is 3070. The molecule has 0 fully saturated rings. The molecule has 65 heavy (non-hydrogen) atoms. The summed E-state index contributed by atoms with van der Waals surface area (Å²) in [7, 11) is 0. The van der Waals surface area contributed by atoms with Crippen LogP contribution in [0, 0.1) is 25.7 Å². The number of aryl methyl sites for hydroxylation is 1. The molecule has 10 rings (SSSR count). The van der Waals surface area contributed by atoms with Crippen molar-refractivity contribution < 1.29 is 25.8 Å². The Morgan fingerprint density at radius 1 is 0.554 bits per heavy atom. The van der Waals surface area contributed by atoms with Crippen LogP contribution in [-0.2, 0) is 38.6 Å². The normalized spacial score (nSPS) is 12.7. The molecule has 0 saturated heterocycles. The zero-order valence-corrected chi connectivity index (χ0v) is 40.2. The fraction of sp³-hybridized carbons (Fsp3) is 0.169. The molecule has 0 bridgehead atoms. The van der Waals surface area contributed by atoms with Gasteiger partial charge in [0.05, 0.1) is 0 Å². The third-order valence-electron chi connectivity index (χ3n) is 12.2. The van der Waals surface area contributed by atoms with Gasteiger partial charge in [-0.15, -0.1) is 53.8 Å². The smallest absolute Gasteiger partial charge is 0.667 e. The molecule has 1 aliphatic rings. The number of rotatable bonds is 9. The molecule has 1 aliphatic heterocycles. The van der Waals surface area contributed by atoms with Gasteiger partial charge in [0.2, 0.25) is 0 Å². The van der Waals surface area contributed by atoms with Crippen LogP contribution in [0.15, 0.2) is 170 Å². The topological polar surface area (TPSA) is 34.7 Å². The maximum absolute atomic E-state index is 6.69. The molecule has 9 aromatic rings. The van der Waals surface area contributed by atoms with Crippen molar-refractivity contribution >= 4 is 50.2 Å². The number of ether oxygens (including phenoxy) is 1. The van der Waals surface area contributed by atoms with Crippen LogP contribution in [0.25, 0.3) is 49.4 Å². The van der Waals surface area contributed by atoms with E-state index in [1.165, 1.54) is 16.7 Å². The number of hydrogen-bond acceptors (Lipinski definition) is 3. The second kappa shape index (κ2) is 17.4. The fourth-order valence-corrected chi connectivity index (χ4v) is 9.13. The average molecular weight is 1030 g/mol. The Labute approximate surface area is 398 Å². The maximum Gasteiger partial charge on any atom is 4.00 e. The van der Waals surface area contributed by atoms with Gasteiger partial charge in [0.15, 0.2) is 0 Å². The van der Waals surface area contributed by atoms with E-state index >= 15 is 0 Å². The summed E-state index contributed by atoms with van der Waals surface area (Å²) < 4.78 is 8.96. The molecule has 2 heterocycles. The molecule has 0 N–H and O–H groups in total. The maximum atomic E-state index is 6.69. The zero-order chi connectivity index (χ0) is 44.2. The van der Waals surface area contributed by atoms with E-state index in [0.29, 0.717) is 18.2 Å². The van der Waals surface area contributed by atoms with E-state index in [2.05, 4.69) is 233 Å². The van der Waals surface area contributed by atoms with Gasteiger partial charge in [0, 0.05) is 45.2 Å². The Morgan fingerprint density at radius 2 is 1.11 bits per heavy atom. The van der Waals surface area contributed by atoms with Crippen LogP contribution >= 0.6 is 0 Å². The summed E-state index contributed by atoms with van der Waals surface area (Å²) in [5, 5.41) is 7.74. The molecule has 0 aliphatic carbocycles. The molecule has 0 radical (unpaired) electrons. The second-order valence-electron chi connectivity index (χ2n) is 18.8. The Kier molecular flexibility index (Phi) is 11.7. The second-order valence-corrected chi connectivity index (χ2v) is 18.8. The fourth-order valence-electron chi connectivity index (χ4n) is 9.13. The predicted molar refractivity (Wildman–Crippen MR) is 268 cm³/mol. The molecular weight excluding hydrogens is 976 g/mol. The molecule has 0 unspecified atom stereocenters. The van der Waals surface area contributed by atoms with Crippen molar-refractivity contribution in [3.63, 3.8) is 0 Å². The quantitative estimate of drug-likeness (QED) is 0.135. The van der Waals surface area contributed by atoms with Crippen molar-refractivity contribution in [1.82, 2.24) is 4.57 Å². The van der Waals surface area contributed by atoms with Gasteiger partial charge < -0.3 is 24.4 Å². The predicted octanol–water partition coefficient (Wildman–Crippen LogP) is 16.5. The van der Waals surface area contributed by atoms with Crippen LogP contribution in [0.3, 0.4) is 0 Å². The first kappa shape index (κ1) is 43.7. The minimum Gasteiger partial charge on any atom is -0.667 e. The van der Waals surface area contributed by atoms with Gasteiger partial charge in [-0.1, -0.05) is 192 Å². The minimum atomic E-state index is -0.0746. The summed E-state index contributed by atoms with van der Waals surface area (Å²) in [6.45, 7) is 18.5. The molecule has 0 amide bonds. The summed E-state index contributed by atoms with van der Waals surface area (Å²) in [6, 6.07) is 67.1. The van der Waals surface area contributed by atoms with E-state index in [1.54, 1.807) is 0 Å². The molecule has 6 heteroatoms. The summed E-state index contributed by atoms with van der Waals surface area (Å²) in [4.78, 5) is 4.52. The van der Waals surface area contributed by atoms with Crippen molar-refractivity contribution in [2.75, 3.05) is 9.80 Å². The Morgan fingerprint density at radius 3 is 1.74 bits per heavy atom. The third-order valence-corrected chi connectivity index (χ3v) is 12.2. The molecule has 324 valence electrons. The first-order chi connectivity index (χ1) is 30.9. The SMILES string of the molecule is Cc1cc(C(C)(C)C)c([N-]Cn2c3[c-]c(Oc4[c-]c(N5[CH-]N(c6c(-c7ccccc7)cccc6-c6ccccc6)c6ccccc65)ccc4)ccc3c3ccccc32)c(C(C)(C)C)c1.[Pt+4]. The largest absolute Gasteiger partial charge is 4.00 e. The summed E-state index contributed by atoms with van der Waals surface area (Å²) in [5.41, 5.74) is 15.5. The van der Waals surface area contributed by atoms with E-state index in [9.17, 15) is 0 Å². The zero-order valence-electron chi connectivity index (χ0n) is 38.0. The van der Waals surface area contributed by atoms with Crippen LogP contribution in [0.2, 0.25) is 0 Å². The van der Waals surface area contributed by atoms with Gasteiger partial charge in [-0.2, -0.15) is 12.1 Å². The number of para-hydroxylation sites is 4. The van der Waals surface area contributed by atoms with Crippen molar-refractivity contribution in [1.29, 1.82) is 0 Å². The Balaban J connectivity index is 0.00000533. The van der Waals surface area contributed by atoms with Gasteiger partial charge in [0.25, 0.3) is 0 Å². The molecule has 5 nitrogen and oxygen atoms in total. The van der Waals surface area contributed by atoms with Crippen LogP contribution in [0.1, 0.15) is 58.2 Å². The van der Waals surface area contributed by atoms with Crippen LogP contribution < -0.4 is 14.5 Å². The number of fused-ring (bicyclic) bond motifs is 4. The van der Waals surface area contributed by atoms with Crippen LogP contribution in [0.5, 0.6) is 11.5 Å². The number of nitrogens with zero attached hydrogens (tertiary/aromatic N) is 4. The van der Waals surface area contributed by atoms with Gasteiger partial charge in [0.1, 0.15) is 0 Å². The van der Waals surface area contributed by atoms with E-state index < -0.39 is 0 Å². The Hall–Kier alpha value is -6.55. The van der Waals surface area contributed by atoms with Gasteiger partial charge in [-0.05, 0) is 52.5 Å². The van der Waals surface area contributed by atoms with Crippen LogP contribution in [0.4, 0.5) is 28.4 Å². The molecule has 0 atom stereocenters. The van der Waals surface area contributed by atoms with E-state index in [-0.39, 0.29) is 31.9 Å². The van der Waals surface area contributed by atoms with Gasteiger partial charge in [-0.3, -0.25) is 0 Å². The van der Waals surface area contributed by atoms with Gasteiger partial charge in [-0.25, -0.2) is 0 Å². The van der Waals surface area contributed by atoms with Crippen molar-refractivity contribution in [3.05, 3.63) is 211 Å². The average Bonchev–Trinajstić information content (AvgIpc) is 3.84. The molecule has 0 saturated carbocycles. The molecule has 0 spiro atoms. The standard InChI is InChI=1S/C59H52N4O.Pt/c1-40-34-50(58(2,3)4)56(51(35-40)59(5,6)7)60-38-61-52-29-15-14-26-48(52)49-33-32-45(37-55(49)61)64-44-25-18-24-43(36-44)62-39-63(54-31-17-16-30-53(54)62)57-46(41-20-10-8-11-21-41)27-19-28-47(57)42-22-12-9-13-23-42;/h8-35,39H,38H2,1-7H3;/q-4;+4. The van der Waals surface area contributed by atoms with E-state index in [0.717, 1.165) is 72.5 Å². The number of hydrogen-bond donors (Lipinski definition) is 0. The number of benzene rings is 8. The monoisotopic (exact) mass is 1030 g/mol. The molecule has 1 aromatic heterocycles. The number of anilines is 4. The molecule has 8 aromatic carbocycles. The minimum absolute atomic E-state index is 0. The summed E-state index contributed by atoms with van der Waals surface area (Å²) in [5.74, 6) is 1.21. The first-order valence-corrected chi connectivity index (χ1v) is 22.2. The number of aromatic nitrogens is 1. The van der Waals surface area contributed by atoms with Crippen molar-refractivity contribution in [2.45, 2.75) is 66.0 Å². The van der Waals surface area contributed by atoms with E-state index in [4.69, 9.17) is 10.1 Å². The third kappa shape index (κ3) is 8.35. The van der Waals surface area contributed by atoms with Crippen molar-refractivity contribution in [2.24, 2.45) is 0 Å². The van der Waals surface area contributed by atoms with Crippen molar-refractivity contribution in [3.8, 4) is 33.8 Å². The summed E-state index contributed by atoms with van der Waals surface area (Å²) in [6.07, 6.45) is 0.